The minimum atomic E-state index is -3.97. The van der Waals surface area contributed by atoms with Crippen LogP contribution in [0.1, 0.15) is 38.2 Å². The Bertz CT molecular complexity index is 958. The summed E-state index contributed by atoms with van der Waals surface area (Å²) in [4.78, 5) is 11.5. The summed E-state index contributed by atoms with van der Waals surface area (Å²) in [5.74, 6) is -0.827. The first-order chi connectivity index (χ1) is 12.8. The van der Waals surface area contributed by atoms with Crippen LogP contribution < -0.4 is 9.03 Å². The fourth-order valence-electron chi connectivity index (χ4n) is 3.36. The van der Waals surface area contributed by atoms with Crippen LogP contribution in [0.2, 0.25) is 0 Å². The number of nitrogens with one attached hydrogen (secondary N) is 1. The summed E-state index contributed by atoms with van der Waals surface area (Å²) in [6.07, 6.45) is 3.89. The van der Waals surface area contributed by atoms with Gasteiger partial charge in [0.2, 0.25) is 0 Å². The second-order valence-electron chi connectivity index (χ2n) is 6.89. The van der Waals surface area contributed by atoms with Gasteiger partial charge in [-0.25, -0.2) is 9.03 Å². The molecule has 0 aliphatic carbocycles. The third-order valence-electron chi connectivity index (χ3n) is 4.71. The number of benzene rings is 2. The predicted molar refractivity (Wildman–Crippen MR) is 104 cm³/mol. The average molecular weight is 392 g/mol. The molecule has 8 heteroatoms. The van der Waals surface area contributed by atoms with Crippen LogP contribution in [0.3, 0.4) is 0 Å². The van der Waals surface area contributed by atoms with E-state index in [4.69, 9.17) is 0 Å². The van der Waals surface area contributed by atoms with Gasteiger partial charge in [-0.2, -0.15) is 8.42 Å². The number of aromatic hydroxyl groups is 1. The lowest BCUT2D eigenvalue weighted by Crippen LogP contribution is -2.29. The SMILES string of the molecule is CCCC(O)CCCc1ccc2cc(O)c(N3CC(=O)NS3(=O)=O)cc2c1. The van der Waals surface area contributed by atoms with Gasteiger partial charge < -0.3 is 10.2 Å². The van der Waals surface area contributed by atoms with E-state index >= 15 is 0 Å². The Kier molecular flexibility index (Phi) is 5.57. The van der Waals surface area contributed by atoms with Crippen molar-refractivity contribution in [2.75, 3.05) is 10.8 Å². The highest BCUT2D eigenvalue weighted by Gasteiger charge is 2.35. The number of anilines is 1. The fraction of sp³-hybridized carbons (Fsp3) is 0.421. The number of aryl methyl sites for hydroxylation is 1. The first-order valence-corrected chi connectivity index (χ1v) is 10.5. The lowest BCUT2D eigenvalue weighted by molar-refractivity contribution is -0.117. The molecule has 0 bridgehead atoms. The van der Waals surface area contributed by atoms with Gasteiger partial charge in [0, 0.05) is 0 Å². The van der Waals surface area contributed by atoms with E-state index in [2.05, 4.69) is 0 Å². The Morgan fingerprint density at radius 2 is 1.96 bits per heavy atom. The molecule has 1 heterocycles. The number of carbonyl (C=O) groups excluding carboxylic acids is 1. The molecular weight excluding hydrogens is 368 g/mol. The highest BCUT2D eigenvalue weighted by atomic mass is 32.2. The van der Waals surface area contributed by atoms with E-state index in [0.717, 1.165) is 52.7 Å². The van der Waals surface area contributed by atoms with Crippen molar-refractivity contribution in [2.45, 2.75) is 45.1 Å². The summed E-state index contributed by atoms with van der Waals surface area (Å²) >= 11 is 0. The highest BCUT2D eigenvalue weighted by Crippen LogP contribution is 2.35. The summed E-state index contributed by atoms with van der Waals surface area (Å²) in [7, 11) is -3.97. The number of nitrogens with zero attached hydrogens (tertiary/aromatic N) is 1. The van der Waals surface area contributed by atoms with Crippen molar-refractivity contribution in [1.29, 1.82) is 0 Å². The molecule has 2 aromatic carbocycles. The Morgan fingerprint density at radius 3 is 2.63 bits per heavy atom. The second-order valence-corrected chi connectivity index (χ2v) is 8.49. The zero-order valence-electron chi connectivity index (χ0n) is 15.2. The normalized spacial score (nSPS) is 17.3. The van der Waals surface area contributed by atoms with Crippen LogP contribution >= 0.6 is 0 Å². The van der Waals surface area contributed by atoms with Gasteiger partial charge in [-0.1, -0.05) is 31.5 Å². The molecule has 3 N–H and O–H groups in total. The Labute approximate surface area is 158 Å². The summed E-state index contributed by atoms with van der Waals surface area (Å²) < 4.78 is 26.9. The van der Waals surface area contributed by atoms with Crippen molar-refractivity contribution < 1.29 is 23.4 Å². The van der Waals surface area contributed by atoms with Gasteiger partial charge in [-0.3, -0.25) is 4.79 Å². The summed E-state index contributed by atoms with van der Waals surface area (Å²) in [6.45, 7) is 1.69. The van der Waals surface area contributed by atoms with E-state index in [1.165, 1.54) is 6.07 Å². The molecular formula is C19H24N2O5S. The van der Waals surface area contributed by atoms with E-state index in [0.29, 0.717) is 0 Å². The first-order valence-electron chi connectivity index (χ1n) is 9.07. The van der Waals surface area contributed by atoms with E-state index in [1.54, 1.807) is 6.07 Å². The molecule has 3 rings (SSSR count). The number of amides is 1. The van der Waals surface area contributed by atoms with Crippen molar-refractivity contribution in [3.8, 4) is 5.75 Å². The number of phenolic OH excluding ortho intramolecular Hbond substituents is 1. The fourth-order valence-corrected chi connectivity index (χ4v) is 4.51. The monoisotopic (exact) mass is 392 g/mol. The van der Waals surface area contributed by atoms with Gasteiger partial charge in [0.1, 0.15) is 12.3 Å². The molecule has 146 valence electrons. The molecule has 1 unspecified atom stereocenters. The van der Waals surface area contributed by atoms with Gasteiger partial charge in [-0.05, 0) is 54.2 Å². The van der Waals surface area contributed by atoms with E-state index in [1.807, 2.05) is 29.8 Å². The number of phenols is 1. The van der Waals surface area contributed by atoms with Gasteiger partial charge in [-0.15, -0.1) is 0 Å². The maximum Gasteiger partial charge on any atom is 0.326 e. The van der Waals surface area contributed by atoms with Gasteiger partial charge in [0.25, 0.3) is 5.91 Å². The largest absolute Gasteiger partial charge is 0.506 e. The van der Waals surface area contributed by atoms with Crippen LogP contribution in [0, 0.1) is 0 Å². The lowest BCUT2D eigenvalue weighted by Gasteiger charge is -2.17. The minimum Gasteiger partial charge on any atom is -0.506 e. The topological polar surface area (TPSA) is 107 Å². The number of aliphatic hydroxyl groups is 1. The molecule has 7 nitrogen and oxygen atoms in total. The summed E-state index contributed by atoms with van der Waals surface area (Å²) in [6, 6.07) is 8.86. The molecule has 2 aromatic rings. The molecule has 1 aliphatic rings. The molecule has 0 radical (unpaired) electrons. The molecule has 1 amide bonds. The van der Waals surface area contributed by atoms with Crippen LogP contribution in [-0.4, -0.2) is 37.2 Å². The summed E-state index contributed by atoms with van der Waals surface area (Å²) in [5, 5.41) is 21.6. The van der Waals surface area contributed by atoms with E-state index < -0.39 is 16.1 Å². The maximum absolute atomic E-state index is 12.0. The van der Waals surface area contributed by atoms with Gasteiger partial charge in [0.05, 0.1) is 11.8 Å². The molecule has 27 heavy (non-hydrogen) atoms. The third kappa shape index (κ3) is 4.33. The van der Waals surface area contributed by atoms with Crippen molar-refractivity contribution in [2.24, 2.45) is 0 Å². The number of rotatable bonds is 7. The number of hydrogen-bond acceptors (Lipinski definition) is 5. The number of carbonyl (C=O) groups is 1. The first kappa shape index (κ1) is 19.4. The highest BCUT2D eigenvalue weighted by molar-refractivity contribution is 7.92. The lowest BCUT2D eigenvalue weighted by atomic mass is 10.0. The van der Waals surface area contributed by atoms with Crippen LogP contribution in [0.15, 0.2) is 30.3 Å². The summed E-state index contributed by atoms with van der Waals surface area (Å²) in [5.41, 5.74) is 1.15. The zero-order chi connectivity index (χ0) is 19.6. The molecule has 0 saturated carbocycles. The molecule has 1 aliphatic heterocycles. The van der Waals surface area contributed by atoms with Crippen LogP contribution in [0.4, 0.5) is 5.69 Å². The molecule has 1 fully saturated rings. The number of hydrogen-bond donors (Lipinski definition) is 3. The van der Waals surface area contributed by atoms with Crippen LogP contribution in [0.5, 0.6) is 5.75 Å². The molecule has 0 spiro atoms. The van der Waals surface area contributed by atoms with Crippen molar-refractivity contribution in [3.05, 3.63) is 35.9 Å². The van der Waals surface area contributed by atoms with Gasteiger partial charge in [0.15, 0.2) is 0 Å². The average Bonchev–Trinajstić information content (AvgIpc) is 2.87. The van der Waals surface area contributed by atoms with Crippen LogP contribution in [0.25, 0.3) is 10.8 Å². The van der Waals surface area contributed by atoms with Crippen molar-refractivity contribution in [3.63, 3.8) is 0 Å². The van der Waals surface area contributed by atoms with Gasteiger partial charge >= 0.3 is 10.2 Å². The third-order valence-corrected chi connectivity index (χ3v) is 6.10. The smallest absolute Gasteiger partial charge is 0.326 e. The predicted octanol–water partition coefficient (Wildman–Crippen LogP) is 2.21. The Hall–Kier alpha value is -2.32. The van der Waals surface area contributed by atoms with Crippen molar-refractivity contribution in [1.82, 2.24) is 4.72 Å². The molecule has 1 saturated heterocycles. The standard InChI is InChI=1S/C19H24N2O5S/c1-2-4-16(22)6-3-5-13-7-8-14-11-18(23)17(10-15(14)9-13)21-12-19(24)20-27(21,25)26/h7-11,16,22-23H,2-6,12H2,1H3,(H,20,24). The van der Waals surface area contributed by atoms with Crippen molar-refractivity contribution >= 4 is 32.6 Å². The van der Waals surface area contributed by atoms with E-state index in [-0.39, 0.29) is 24.1 Å². The molecule has 0 aromatic heterocycles. The second kappa shape index (κ2) is 7.74. The maximum atomic E-state index is 12.0. The minimum absolute atomic E-state index is 0.0800. The quantitative estimate of drug-likeness (QED) is 0.670. The number of aliphatic hydroxyl groups excluding tert-OH is 1. The zero-order valence-corrected chi connectivity index (χ0v) is 16.0. The molecule has 1 atom stereocenters. The van der Waals surface area contributed by atoms with E-state index in [9.17, 15) is 23.4 Å². The van der Waals surface area contributed by atoms with Crippen LogP contribution in [-0.2, 0) is 21.4 Å². The Morgan fingerprint density at radius 1 is 1.19 bits per heavy atom. The number of fused-ring (bicyclic) bond motifs is 1. The Balaban J connectivity index is 1.84.